The standard InChI is InChI=1S/C9H9F3/c1-2-7-6(5-10)3-4-8(11)9(7)12/h3-4H,2,5H2,1H3. The first kappa shape index (κ1) is 9.10. The zero-order valence-corrected chi connectivity index (χ0v) is 6.70. The fourth-order valence-corrected chi connectivity index (χ4v) is 1.14. The molecular weight excluding hydrogens is 165 g/mol. The van der Waals surface area contributed by atoms with Gasteiger partial charge < -0.3 is 0 Å². The fraction of sp³-hybridized carbons (Fsp3) is 0.333. The van der Waals surface area contributed by atoms with Gasteiger partial charge in [-0.1, -0.05) is 13.0 Å². The third-order valence-electron chi connectivity index (χ3n) is 1.79. The van der Waals surface area contributed by atoms with E-state index in [9.17, 15) is 13.2 Å². The van der Waals surface area contributed by atoms with E-state index in [1.54, 1.807) is 6.92 Å². The van der Waals surface area contributed by atoms with Gasteiger partial charge in [-0.05, 0) is 23.6 Å². The van der Waals surface area contributed by atoms with Crippen LogP contribution in [0.2, 0.25) is 0 Å². The van der Waals surface area contributed by atoms with E-state index in [1.807, 2.05) is 0 Å². The van der Waals surface area contributed by atoms with Gasteiger partial charge in [0.05, 0.1) is 0 Å². The summed E-state index contributed by atoms with van der Waals surface area (Å²) in [5, 5.41) is 0. The minimum absolute atomic E-state index is 0.137. The average molecular weight is 174 g/mol. The molecule has 0 aliphatic rings. The molecule has 0 aliphatic heterocycles. The molecule has 0 bridgehead atoms. The van der Waals surface area contributed by atoms with Crippen molar-refractivity contribution >= 4 is 0 Å². The van der Waals surface area contributed by atoms with Gasteiger partial charge in [-0.2, -0.15) is 0 Å². The Labute approximate surface area is 69.0 Å². The first-order chi connectivity index (χ1) is 5.70. The number of benzene rings is 1. The Morgan fingerprint density at radius 2 is 1.92 bits per heavy atom. The van der Waals surface area contributed by atoms with Crippen LogP contribution in [0.3, 0.4) is 0 Å². The predicted molar refractivity (Wildman–Crippen MR) is 40.5 cm³/mol. The highest BCUT2D eigenvalue weighted by Gasteiger charge is 2.10. The van der Waals surface area contributed by atoms with Crippen molar-refractivity contribution in [3.63, 3.8) is 0 Å². The summed E-state index contributed by atoms with van der Waals surface area (Å²) in [5.41, 5.74) is 0.369. The number of alkyl halides is 1. The zero-order valence-electron chi connectivity index (χ0n) is 6.70. The van der Waals surface area contributed by atoms with Crippen molar-refractivity contribution < 1.29 is 13.2 Å². The maximum atomic E-state index is 12.9. The fourth-order valence-electron chi connectivity index (χ4n) is 1.14. The Hall–Kier alpha value is -0.990. The molecule has 66 valence electrons. The van der Waals surface area contributed by atoms with Crippen molar-refractivity contribution in [3.8, 4) is 0 Å². The Balaban J connectivity index is 3.25. The lowest BCUT2D eigenvalue weighted by Gasteiger charge is -2.05. The van der Waals surface area contributed by atoms with Gasteiger partial charge in [-0.3, -0.25) is 0 Å². The van der Waals surface area contributed by atoms with E-state index < -0.39 is 18.3 Å². The van der Waals surface area contributed by atoms with Crippen LogP contribution in [0.5, 0.6) is 0 Å². The van der Waals surface area contributed by atoms with Crippen LogP contribution in [0.15, 0.2) is 12.1 Å². The van der Waals surface area contributed by atoms with Crippen LogP contribution in [0.25, 0.3) is 0 Å². The van der Waals surface area contributed by atoms with Crippen molar-refractivity contribution in [2.45, 2.75) is 20.0 Å². The molecule has 1 rings (SSSR count). The summed E-state index contributed by atoms with van der Waals surface area (Å²) in [6, 6.07) is 2.22. The quantitative estimate of drug-likeness (QED) is 0.646. The molecule has 0 aromatic heterocycles. The molecule has 1 aromatic rings. The van der Waals surface area contributed by atoms with E-state index in [0.29, 0.717) is 6.42 Å². The summed E-state index contributed by atoms with van der Waals surface area (Å²) < 4.78 is 37.7. The van der Waals surface area contributed by atoms with Gasteiger partial charge in [-0.25, -0.2) is 13.2 Å². The Morgan fingerprint density at radius 1 is 1.25 bits per heavy atom. The Bertz CT molecular complexity index is 281. The van der Waals surface area contributed by atoms with Crippen molar-refractivity contribution in [1.82, 2.24) is 0 Å². The molecular formula is C9H9F3. The van der Waals surface area contributed by atoms with Gasteiger partial charge in [0, 0.05) is 0 Å². The average Bonchev–Trinajstić information content (AvgIpc) is 2.09. The highest BCUT2D eigenvalue weighted by molar-refractivity contribution is 5.28. The van der Waals surface area contributed by atoms with E-state index in [0.717, 1.165) is 6.07 Å². The summed E-state index contributed by atoms with van der Waals surface area (Å²) in [6.07, 6.45) is 0.308. The molecule has 0 amide bonds. The minimum Gasteiger partial charge on any atom is -0.246 e. The monoisotopic (exact) mass is 174 g/mol. The number of halogens is 3. The molecule has 0 unspecified atom stereocenters. The number of hydrogen-bond acceptors (Lipinski definition) is 0. The van der Waals surface area contributed by atoms with E-state index in [1.165, 1.54) is 6.07 Å². The molecule has 0 saturated heterocycles. The molecule has 0 heterocycles. The first-order valence-electron chi connectivity index (χ1n) is 3.72. The van der Waals surface area contributed by atoms with Gasteiger partial charge in [0.25, 0.3) is 0 Å². The third-order valence-corrected chi connectivity index (χ3v) is 1.79. The predicted octanol–water partition coefficient (Wildman–Crippen LogP) is 3.00. The first-order valence-corrected chi connectivity index (χ1v) is 3.72. The molecule has 1 aromatic carbocycles. The second-order valence-electron chi connectivity index (χ2n) is 2.49. The second-order valence-corrected chi connectivity index (χ2v) is 2.49. The highest BCUT2D eigenvalue weighted by atomic mass is 19.2. The van der Waals surface area contributed by atoms with E-state index in [-0.39, 0.29) is 11.1 Å². The number of rotatable bonds is 2. The zero-order chi connectivity index (χ0) is 9.14. The smallest absolute Gasteiger partial charge is 0.162 e. The Morgan fingerprint density at radius 3 is 2.42 bits per heavy atom. The van der Waals surface area contributed by atoms with Crippen LogP contribution in [-0.2, 0) is 13.1 Å². The van der Waals surface area contributed by atoms with Gasteiger partial charge in [0.1, 0.15) is 6.67 Å². The Kier molecular flexibility index (Phi) is 2.74. The van der Waals surface area contributed by atoms with Crippen molar-refractivity contribution in [2.24, 2.45) is 0 Å². The van der Waals surface area contributed by atoms with Crippen LogP contribution in [-0.4, -0.2) is 0 Å². The van der Waals surface area contributed by atoms with Gasteiger partial charge in [0.15, 0.2) is 11.6 Å². The molecule has 0 saturated carbocycles. The summed E-state index contributed by atoms with van der Waals surface area (Å²) in [5.74, 6) is -1.84. The van der Waals surface area contributed by atoms with Crippen LogP contribution < -0.4 is 0 Å². The summed E-state index contributed by atoms with van der Waals surface area (Å²) >= 11 is 0. The largest absolute Gasteiger partial charge is 0.246 e. The molecule has 0 spiro atoms. The van der Waals surface area contributed by atoms with Gasteiger partial charge in [-0.15, -0.1) is 0 Å². The maximum Gasteiger partial charge on any atom is 0.162 e. The SMILES string of the molecule is CCc1c(CF)ccc(F)c1F. The van der Waals surface area contributed by atoms with Crippen molar-refractivity contribution in [1.29, 1.82) is 0 Å². The van der Waals surface area contributed by atoms with Crippen LogP contribution in [0.1, 0.15) is 18.1 Å². The van der Waals surface area contributed by atoms with E-state index >= 15 is 0 Å². The van der Waals surface area contributed by atoms with Crippen LogP contribution >= 0.6 is 0 Å². The summed E-state index contributed by atoms with van der Waals surface area (Å²) in [6.45, 7) is 0.914. The summed E-state index contributed by atoms with van der Waals surface area (Å²) in [4.78, 5) is 0. The molecule has 3 heteroatoms. The highest BCUT2D eigenvalue weighted by Crippen LogP contribution is 2.18. The van der Waals surface area contributed by atoms with Crippen molar-refractivity contribution in [2.75, 3.05) is 0 Å². The summed E-state index contributed by atoms with van der Waals surface area (Å²) in [7, 11) is 0. The van der Waals surface area contributed by atoms with Crippen LogP contribution in [0, 0.1) is 11.6 Å². The normalized spacial score (nSPS) is 10.3. The lowest BCUT2D eigenvalue weighted by atomic mass is 10.1. The van der Waals surface area contributed by atoms with Crippen molar-refractivity contribution in [3.05, 3.63) is 34.9 Å². The lowest BCUT2D eigenvalue weighted by molar-refractivity contribution is 0.464. The third kappa shape index (κ3) is 1.44. The molecule has 0 N–H and O–H groups in total. The number of hydrogen-bond donors (Lipinski definition) is 0. The van der Waals surface area contributed by atoms with E-state index in [2.05, 4.69) is 0 Å². The van der Waals surface area contributed by atoms with E-state index in [4.69, 9.17) is 0 Å². The maximum absolute atomic E-state index is 12.9. The molecule has 0 fully saturated rings. The molecule has 0 nitrogen and oxygen atoms in total. The molecule has 12 heavy (non-hydrogen) atoms. The topological polar surface area (TPSA) is 0 Å². The molecule has 0 aliphatic carbocycles. The van der Waals surface area contributed by atoms with Gasteiger partial charge in [0.2, 0.25) is 0 Å². The molecule has 0 radical (unpaired) electrons. The molecule has 0 atom stereocenters. The van der Waals surface area contributed by atoms with Crippen LogP contribution in [0.4, 0.5) is 13.2 Å². The second kappa shape index (κ2) is 3.61. The lowest BCUT2D eigenvalue weighted by Crippen LogP contribution is -1.97. The minimum atomic E-state index is -0.923. The van der Waals surface area contributed by atoms with Gasteiger partial charge >= 0.3 is 0 Å².